The smallest absolute Gasteiger partial charge is 0.397 e. The van der Waals surface area contributed by atoms with Crippen LogP contribution < -0.4 is 21.5 Å². The summed E-state index contributed by atoms with van der Waals surface area (Å²) in [4.78, 5) is 24.8. The Bertz CT molecular complexity index is 1300. The maximum Gasteiger partial charge on any atom is 0.397 e. The summed E-state index contributed by atoms with van der Waals surface area (Å²) in [6.45, 7) is 6.75. The number of primary amides is 1. The summed E-state index contributed by atoms with van der Waals surface area (Å²) in [7, 11) is 0. The average Bonchev–Trinajstić information content (AvgIpc) is 3.15. The number of anilines is 1. The largest absolute Gasteiger partial charge is 0.492 e. The van der Waals surface area contributed by atoms with Crippen molar-refractivity contribution >= 4 is 17.5 Å². The second-order valence-corrected chi connectivity index (χ2v) is 8.42. The molecule has 0 saturated heterocycles. The molecule has 0 fully saturated rings. The van der Waals surface area contributed by atoms with Crippen LogP contribution in [-0.2, 0) is 6.54 Å². The fourth-order valence-corrected chi connectivity index (χ4v) is 3.71. The fourth-order valence-electron chi connectivity index (χ4n) is 3.71. The Kier molecular flexibility index (Phi) is 7.61. The molecule has 36 heavy (non-hydrogen) atoms. The summed E-state index contributed by atoms with van der Waals surface area (Å²) in [6.07, 6.45) is -4.62. The lowest BCUT2D eigenvalue weighted by Crippen LogP contribution is -2.24. The quantitative estimate of drug-likeness (QED) is 0.426. The highest BCUT2D eigenvalue weighted by molar-refractivity contribution is 5.98. The van der Waals surface area contributed by atoms with Gasteiger partial charge in [-0.15, -0.1) is 0 Å². The van der Waals surface area contributed by atoms with Gasteiger partial charge in [0.2, 0.25) is 0 Å². The van der Waals surface area contributed by atoms with E-state index in [1.54, 1.807) is 25.1 Å². The van der Waals surface area contributed by atoms with E-state index in [0.717, 1.165) is 22.7 Å². The Hall–Kier alpha value is -4.02. The Balaban J connectivity index is 1.97. The van der Waals surface area contributed by atoms with Crippen molar-refractivity contribution in [3.63, 3.8) is 0 Å². The summed E-state index contributed by atoms with van der Waals surface area (Å²) >= 11 is 0. The van der Waals surface area contributed by atoms with E-state index in [2.05, 4.69) is 10.4 Å². The molecule has 2 amide bonds. The first-order valence-electron chi connectivity index (χ1n) is 11.2. The summed E-state index contributed by atoms with van der Waals surface area (Å²) < 4.78 is 46.7. The number of nitrogen functional groups attached to an aromatic ring is 1. The number of rotatable bonds is 8. The number of nitrogens with one attached hydrogen (secondary N) is 1. The van der Waals surface area contributed by atoms with E-state index in [1.165, 1.54) is 6.07 Å². The van der Waals surface area contributed by atoms with Gasteiger partial charge in [-0.3, -0.25) is 9.59 Å². The van der Waals surface area contributed by atoms with Crippen LogP contribution in [0.1, 0.15) is 63.0 Å². The number of hydrogen-bond acceptors (Lipinski definition) is 5. The first kappa shape index (κ1) is 26.6. The Morgan fingerprint density at radius 3 is 2.47 bits per heavy atom. The SMILES string of the molecule is CCOc1cc(CNC(=O)c2cc(C)ccc2C)ccc1-n1nc(C(C)C(F)(F)F)c(N)c1C(N)=O. The van der Waals surface area contributed by atoms with Crippen LogP contribution in [-0.4, -0.2) is 34.4 Å². The van der Waals surface area contributed by atoms with Crippen LogP contribution in [0.4, 0.5) is 18.9 Å². The maximum absolute atomic E-state index is 13.4. The van der Waals surface area contributed by atoms with Crippen molar-refractivity contribution < 1.29 is 27.5 Å². The van der Waals surface area contributed by atoms with Crippen LogP contribution in [0.5, 0.6) is 5.75 Å². The highest BCUT2D eigenvalue weighted by Gasteiger charge is 2.41. The Morgan fingerprint density at radius 1 is 1.17 bits per heavy atom. The zero-order chi connectivity index (χ0) is 26.8. The van der Waals surface area contributed by atoms with Crippen molar-refractivity contribution in [3.05, 3.63) is 70.0 Å². The van der Waals surface area contributed by atoms with Gasteiger partial charge in [-0.05, 0) is 57.0 Å². The monoisotopic (exact) mass is 503 g/mol. The van der Waals surface area contributed by atoms with Gasteiger partial charge in [-0.25, -0.2) is 4.68 Å². The van der Waals surface area contributed by atoms with Gasteiger partial charge in [0.15, 0.2) is 5.69 Å². The molecule has 1 unspecified atom stereocenters. The molecule has 1 atom stereocenters. The topological polar surface area (TPSA) is 125 Å². The highest BCUT2D eigenvalue weighted by Crippen LogP contribution is 2.38. The Morgan fingerprint density at radius 2 is 1.86 bits per heavy atom. The number of ether oxygens (including phenoxy) is 1. The fraction of sp³-hybridized carbons (Fsp3) is 0.320. The second-order valence-electron chi connectivity index (χ2n) is 8.42. The average molecular weight is 504 g/mol. The minimum Gasteiger partial charge on any atom is -0.492 e. The summed E-state index contributed by atoms with van der Waals surface area (Å²) in [5.41, 5.74) is 13.2. The predicted molar refractivity (Wildman–Crippen MR) is 129 cm³/mol. The third-order valence-corrected chi connectivity index (χ3v) is 5.73. The molecule has 11 heteroatoms. The van der Waals surface area contributed by atoms with Gasteiger partial charge in [0.25, 0.3) is 11.8 Å². The van der Waals surface area contributed by atoms with Crippen molar-refractivity contribution in [2.24, 2.45) is 5.73 Å². The summed E-state index contributed by atoms with van der Waals surface area (Å²) in [6, 6.07) is 10.3. The van der Waals surface area contributed by atoms with Crippen molar-refractivity contribution in [2.75, 3.05) is 12.3 Å². The molecule has 2 aromatic carbocycles. The standard InChI is InChI=1S/C25H28F3N5O3/c1-5-36-19-11-16(12-31-24(35)17-10-13(2)6-7-14(17)3)8-9-18(19)33-22(23(30)34)20(29)21(32-33)15(4)25(26,27)28/h6-11,15H,5,12,29H2,1-4H3,(H2,30,34)(H,31,35). The number of nitrogens with two attached hydrogens (primary N) is 2. The predicted octanol–water partition coefficient (Wildman–Crippen LogP) is 4.16. The van der Waals surface area contributed by atoms with Gasteiger partial charge in [-0.1, -0.05) is 23.8 Å². The molecule has 1 aromatic heterocycles. The number of amides is 2. The van der Waals surface area contributed by atoms with Gasteiger partial charge in [0.05, 0.1) is 23.9 Å². The number of hydrogen-bond donors (Lipinski definition) is 3. The van der Waals surface area contributed by atoms with E-state index in [9.17, 15) is 22.8 Å². The molecule has 0 bridgehead atoms. The minimum absolute atomic E-state index is 0.160. The molecular weight excluding hydrogens is 475 g/mol. The highest BCUT2D eigenvalue weighted by atomic mass is 19.4. The molecule has 0 aliphatic carbocycles. The number of benzene rings is 2. The van der Waals surface area contributed by atoms with Crippen molar-refractivity contribution in [1.82, 2.24) is 15.1 Å². The van der Waals surface area contributed by atoms with Gasteiger partial charge in [-0.2, -0.15) is 18.3 Å². The van der Waals surface area contributed by atoms with Gasteiger partial charge < -0.3 is 21.5 Å². The van der Waals surface area contributed by atoms with Crippen LogP contribution in [0.2, 0.25) is 0 Å². The zero-order valence-corrected chi connectivity index (χ0v) is 20.4. The second kappa shape index (κ2) is 10.3. The third-order valence-electron chi connectivity index (χ3n) is 5.73. The lowest BCUT2D eigenvalue weighted by atomic mass is 10.0. The molecule has 0 spiro atoms. The molecule has 0 saturated carbocycles. The van der Waals surface area contributed by atoms with E-state index < -0.39 is 29.4 Å². The van der Waals surface area contributed by atoms with Gasteiger partial charge in [0, 0.05) is 12.1 Å². The third kappa shape index (κ3) is 5.45. The number of halogens is 3. The van der Waals surface area contributed by atoms with Crippen molar-refractivity contribution in [3.8, 4) is 11.4 Å². The lowest BCUT2D eigenvalue weighted by molar-refractivity contribution is -0.147. The van der Waals surface area contributed by atoms with E-state index in [0.29, 0.717) is 11.1 Å². The molecule has 3 aromatic rings. The molecular formula is C25H28F3N5O3. The van der Waals surface area contributed by atoms with E-state index in [4.69, 9.17) is 16.2 Å². The number of alkyl halides is 3. The minimum atomic E-state index is -4.62. The molecule has 1 heterocycles. The lowest BCUT2D eigenvalue weighted by Gasteiger charge is -2.15. The van der Waals surface area contributed by atoms with Crippen LogP contribution in [0.15, 0.2) is 36.4 Å². The number of aromatic nitrogens is 2. The van der Waals surface area contributed by atoms with Crippen LogP contribution in [0.25, 0.3) is 5.69 Å². The first-order chi connectivity index (χ1) is 16.8. The number of carbonyl (C=O) groups excluding carboxylic acids is 2. The zero-order valence-electron chi connectivity index (χ0n) is 20.4. The van der Waals surface area contributed by atoms with E-state index in [-0.39, 0.29) is 36.2 Å². The number of nitrogens with zero attached hydrogens (tertiary/aromatic N) is 2. The molecule has 5 N–H and O–H groups in total. The van der Waals surface area contributed by atoms with Gasteiger partial charge >= 0.3 is 6.18 Å². The molecule has 8 nitrogen and oxygen atoms in total. The van der Waals surface area contributed by atoms with Crippen LogP contribution in [0, 0.1) is 13.8 Å². The van der Waals surface area contributed by atoms with Crippen molar-refractivity contribution in [1.29, 1.82) is 0 Å². The first-order valence-corrected chi connectivity index (χ1v) is 11.2. The maximum atomic E-state index is 13.4. The van der Waals surface area contributed by atoms with Crippen LogP contribution in [0.3, 0.4) is 0 Å². The molecule has 192 valence electrons. The molecule has 0 aliphatic heterocycles. The van der Waals surface area contributed by atoms with Gasteiger partial charge in [0.1, 0.15) is 11.4 Å². The van der Waals surface area contributed by atoms with E-state index >= 15 is 0 Å². The van der Waals surface area contributed by atoms with Crippen molar-refractivity contribution in [2.45, 2.75) is 46.3 Å². The number of aryl methyl sites for hydroxylation is 2. The molecule has 3 rings (SSSR count). The molecule has 0 radical (unpaired) electrons. The summed E-state index contributed by atoms with van der Waals surface area (Å²) in [5.74, 6) is -3.08. The van der Waals surface area contributed by atoms with E-state index in [1.807, 2.05) is 26.0 Å². The summed E-state index contributed by atoms with van der Waals surface area (Å²) in [5, 5.41) is 6.84. The number of carbonyl (C=O) groups is 2. The molecule has 0 aliphatic rings. The van der Waals surface area contributed by atoms with Crippen LogP contribution >= 0.6 is 0 Å². The normalized spacial score (nSPS) is 12.3. The Labute approximate surface area is 206 Å².